The minimum Gasteiger partial charge on any atom is -0.406 e. The number of nitrogens with one attached hydrogen (secondary N) is 1. The number of alkyl halides is 6. The van der Waals surface area contributed by atoms with Crippen molar-refractivity contribution in [2.45, 2.75) is 38.9 Å². The summed E-state index contributed by atoms with van der Waals surface area (Å²) in [6.45, 7) is 2.38. The summed E-state index contributed by atoms with van der Waals surface area (Å²) >= 11 is 0. The van der Waals surface area contributed by atoms with Gasteiger partial charge in [-0.1, -0.05) is 19.8 Å². The highest BCUT2D eigenvalue weighted by Crippen LogP contribution is 2.33. The van der Waals surface area contributed by atoms with Crippen LogP contribution in [-0.2, 0) is 0 Å². The zero-order valence-electron chi connectivity index (χ0n) is 11.6. The average molecular weight is 331 g/mol. The quantitative estimate of drug-likeness (QED) is 0.558. The fourth-order valence-corrected chi connectivity index (χ4v) is 1.67. The Bertz CT molecular complexity index is 438. The van der Waals surface area contributed by atoms with Gasteiger partial charge in [-0.15, -0.1) is 26.3 Å². The SMILES string of the molecule is CCCCCNc1cc(OC(F)(F)F)cc(OC(F)(F)F)c1. The second-order valence-electron chi connectivity index (χ2n) is 4.42. The largest absolute Gasteiger partial charge is 0.573 e. The number of hydrogen-bond donors (Lipinski definition) is 1. The van der Waals surface area contributed by atoms with E-state index in [9.17, 15) is 26.3 Å². The van der Waals surface area contributed by atoms with Gasteiger partial charge in [-0.25, -0.2) is 0 Å². The maximum atomic E-state index is 12.2. The lowest BCUT2D eigenvalue weighted by Crippen LogP contribution is -2.19. The molecule has 0 atom stereocenters. The molecule has 1 rings (SSSR count). The Balaban J connectivity index is 2.89. The van der Waals surface area contributed by atoms with E-state index in [-0.39, 0.29) is 5.69 Å². The van der Waals surface area contributed by atoms with E-state index in [2.05, 4.69) is 14.8 Å². The molecule has 0 fully saturated rings. The molecular formula is C13H15F6NO2. The van der Waals surface area contributed by atoms with Gasteiger partial charge in [0, 0.05) is 30.4 Å². The number of benzene rings is 1. The van der Waals surface area contributed by atoms with Gasteiger partial charge in [0.05, 0.1) is 0 Å². The van der Waals surface area contributed by atoms with Crippen LogP contribution in [0.15, 0.2) is 18.2 Å². The van der Waals surface area contributed by atoms with E-state index in [1.807, 2.05) is 6.92 Å². The Morgan fingerprint density at radius 3 is 1.77 bits per heavy atom. The van der Waals surface area contributed by atoms with Crippen LogP contribution < -0.4 is 14.8 Å². The fourth-order valence-electron chi connectivity index (χ4n) is 1.67. The lowest BCUT2D eigenvalue weighted by molar-refractivity contribution is -0.276. The third kappa shape index (κ3) is 7.84. The third-order valence-corrected chi connectivity index (χ3v) is 2.46. The molecule has 0 aliphatic heterocycles. The number of halogens is 6. The number of rotatable bonds is 7. The molecule has 0 saturated carbocycles. The average Bonchev–Trinajstić information content (AvgIpc) is 2.30. The van der Waals surface area contributed by atoms with Crippen molar-refractivity contribution >= 4 is 5.69 Å². The van der Waals surface area contributed by atoms with E-state index in [0.29, 0.717) is 12.6 Å². The first-order chi connectivity index (χ1) is 10.1. The van der Waals surface area contributed by atoms with Gasteiger partial charge in [0.25, 0.3) is 0 Å². The van der Waals surface area contributed by atoms with Gasteiger partial charge < -0.3 is 14.8 Å². The van der Waals surface area contributed by atoms with Crippen LogP contribution in [0.4, 0.5) is 32.0 Å². The summed E-state index contributed by atoms with van der Waals surface area (Å²) in [4.78, 5) is 0. The zero-order valence-corrected chi connectivity index (χ0v) is 11.6. The molecule has 0 saturated heterocycles. The van der Waals surface area contributed by atoms with Crippen LogP contribution in [0, 0.1) is 0 Å². The highest BCUT2D eigenvalue weighted by Gasteiger charge is 2.33. The Labute approximate surface area is 123 Å². The van der Waals surface area contributed by atoms with Crippen molar-refractivity contribution in [3.8, 4) is 11.5 Å². The standard InChI is InChI=1S/C13H15F6NO2/c1-2-3-4-5-20-9-6-10(21-12(14,15)16)8-11(7-9)22-13(17,18)19/h6-8,20H,2-5H2,1H3. The molecule has 0 unspecified atom stereocenters. The summed E-state index contributed by atoms with van der Waals surface area (Å²) in [5.41, 5.74) is 0.0529. The molecule has 22 heavy (non-hydrogen) atoms. The molecule has 0 radical (unpaired) electrons. The van der Waals surface area contributed by atoms with Gasteiger partial charge in [0.15, 0.2) is 0 Å². The fraction of sp³-hybridized carbons (Fsp3) is 0.538. The molecule has 0 aliphatic rings. The van der Waals surface area contributed by atoms with Gasteiger partial charge in [-0.05, 0) is 6.42 Å². The number of anilines is 1. The van der Waals surface area contributed by atoms with Crippen LogP contribution in [0.2, 0.25) is 0 Å². The van der Waals surface area contributed by atoms with Crippen LogP contribution in [0.5, 0.6) is 11.5 Å². The minimum atomic E-state index is -5.00. The van der Waals surface area contributed by atoms with Crippen molar-refractivity contribution in [1.82, 2.24) is 0 Å². The Hall–Kier alpha value is -1.80. The summed E-state index contributed by atoms with van der Waals surface area (Å²) in [5, 5.41) is 2.74. The molecule has 0 aromatic heterocycles. The lowest BCUT2D eigenvalue weighted by atomic mass is 10.2. The first kappa shape index (κ1) is 18.2. The molecule has 9 heteroatoms. The Morgan fingerprint density at radius 2 is 1.36 bits per heavy atom. The molecule has 0 heterocycles. The van der Waals surface area contributed by atoms with Gasteiger partial charge in [0.2, 0.25) is 0 Å². The maximum absolute atomic E-state index is 12.2. The van der Waals surface area contributed by atoms with Crippen molar-refractivity contribution in [3.05, 3.63) is 18.2 Å². The van der Waals surface area contributed by atoms with Gasteiger partial charge >= 0.3 is 12.7 Å². The van der Waals surface area contributed by atoms with E-state index >= 15 is 0 Å². The van der Waals surface area contributed by atoms with Crippen molar-refractivity contribution in [2.75, 3.05) is 11.9 Å². The molecule has 1 aromatic carbocycles. The predicted octanol–water partition coefficient (Wildman–Crippen LogP) is 5.09. The van der Waals surface area contributed by atoms with E-state index < -0.39 is 24.2 Å². The topological polar surface area (TPSA) is 30.5 Å². The van der Waals surface area contributed by atoms with Crippen molar-refractivity contribution in [1.29, 1.82) is 0 Å². The van der Waals surface area contributed by atoms with Crippen molar-refractivity contribution in [3.63, 3.8) is 0 Å². The summed E-state index contributed by atoms with van der Waals surface area (Å²) in [7, 11) is 0. The molecule has 0 aliphatic carbocycles. The zero-order chi connectivity index (χ0) is 16.8. The van der Waals surface area contributed by atoms with Crippen LogP contribution >= 0.6 is 0 Å². The van der Waals surface area contributed by atoms with Crippen molar-refractivity contribution in [2.24, 2.45) is 0 Å². The number of unbranched alkanes of at least 4 members (excludes halogenated alkanes) is 2. The smallest absolute Gasteiger partial charge is 0.406 e. The maximum Gasteiger partial charge on any atom is 0.573 e. The summed E-state index contributed by atoms with van der Waals surface area (Å²) in [5.74, 6) is -1.57. The third-order valence-electron chi connectivity index (χ3n) is 2.46. The molecule has 0 amide bonds. The molecule has 0 spiro atoms. The normalized spacial score (nSPS) is 12.1. The van der Waals surface area contributed by atoms with E-state index in [1.54, 1.807) is 0 Å². The van der Waals surface area contributed by atoms with Gasteiger partial charge in [-0.2, -0.15) is 0 Å². The predicted molar refractivity (Wildman–Crippen MR) is 67.8 cm³/mol. The second kappa shape index (κ2) is 7.46. The first-order valence-electron chi connectivity index (χ1n) is 6.49. The molecule has 3 nitrogen and oxygen atoms in total. The molecule has 0 bridgehead atoms. The van der Waals surface area contributed by atoms with Crippen LogP contribution in [0.3, 0.4) is 0 Å². The van der Waals surface area contributed by atoms with Crippen LogP contribution in [0.1, 0.15) is 26.2 Å². The summed E-state index contributed by atoms with van der Waals surface area (Å²) in [6, 6.07) is 2.45. The Kier molecular flexibility index (Phi) is 6.19. The van der Waals surface area contributed by atoms with Crippen molar-refractivity contribution < 1.29 is 35.8 Å². The molecule has 126 valence electrons. The highest BCUT2D eigenvalue weighted by molar-refractivity contribution is 5.53. The Morgan fingerprint density at radius 1 is 0.864 bits per heavy atom. The summed E-state index contributed by atoms with van der Waals surface area (Å²) < 4.78 is 80.4. The highest BCUT2D eigenvalue weighted by atomic mass is 19.4. The molecular weight excluding hydrogens is 316 g/mol. The van der Waals surface area contributed by atoms with Crippen LogP contribution in [-0.4, -0.2) is 19.3 Å². The molecule has 1 N–H and O–H groups in total. The first-order valence-corrected chi connectivity index (χ1v) is 6.49. The van der Waals surface area contributed by atoms with E-state index in [0.717, 1.165) is 31.4 Å². The lowest BCUT2D eigenvalue weighted by Gasteiger charge is -2.15. The van der Waals surface area contributed by atoms with E-state index in [4.69, 9.17) is 0 Å². The van der Waals surface area contributed by atoms with Crippen LogP contribution in [0.25, 0.3) is 0 Å². The molecule has 1 aromatic rings. The monoisotopic (exact) mass is 331 g/mol. The summed E-state index contributed by atoms with van der Waals surface area (Å²) in [6.07, 6.45) is -7.46. The van der Waals surface area contributed by atoms with E-state index in [1.165, 1.54) is 0 Å². The number of ether oxygens (including phenoxy) is 2. The minimum absolute atomic E-state index is 0.0529. The van der Waals surface area contributed by atoms with Gasteiger partial charge in [0.1, 0.15) is 11.5 Å². The van der Waals surface area contributed by atoms with Gasteiger partial charge in [-0.3, -0.25) is 0 Å². The second-order valence-corrected chi connectivity index (χ2v) is 4.42. The number of hydrogen-bond acceptors (Lipinski definition) is 3.